The Morgan fingerprint density at radius 2 is 1.14 bits per heavy atom. The van der Waals surface area contributed by atoms with Crippen molar-refractivity contribution in [2.45, 2.75) is 103 Å². The lowest BCUT2D eigenvalue weighted by Gasteiger charge is -2.30. The lowest BCUT2D eigenvalue weighted by molar-refractivity contribution is -0.147. The molecule has 0 radical (unpaired) electrons. The number of hydrogen-bond acceptors (Lipinski definition) is 8. The van der Waals surface area contributed by atoms with E-state index in [-0.39, 0.29) is 24.2 Å². The van der Waals surface area contributed by atoms with Crippen LogP contribution >= 0.6 is 0 Å². The van der Waals surface area contributed by atoms with Gasteiger partial charge in [-0.3, -0.25) is 19.2 Å². The Hall–Kier alpha value is -4.29. The first-order valence-electron chi connectivity index (χ1n) is 17.1. The molecule has 0 aliphatic carbocycles. The summed E-state index contributed by atoms with van der Waals surface area (Å²) in [4.78, 5) is 65.8. The molecule has 0 heterocycles. The van der Waals surface area contributed by atoms with Crippen LogP contribution in [-0.4, -0.2) is 73.0 Å². The van der Waals surface area contributed by atoms with Crippen LogP contribution in [0.25, 0.3) is 0 Å². The molecule has 0 saturated heterocycles. The van der Waals surface area contributed by atoms with Gasteiger partial charge in [0.15, 0.2) is 0 Å². The minimum Gasteiger partial charge on any atom is -0.467 e. The predicted molar refractivity (Wildman–Crippen MR) is 190 cm³/mol. The van der Waals surface area contributed by atoms with Crippen molar-refractivity contribution in [3.05, 3.63) is 71.8 Å². The van der Waals surface area contributed by atoms with Gasteiger partial charge in [0.2, 0.25) is 23.6 Å². The molecule has 8 N–H and O–H groups in total. The maximum Gasteiger partial charge on any atom is 0.328 e. The van der Waals surface area contributed by atoms with Crippen LogP contribution in [0.2, 0.25) is 0 Å². The molecule has 0 aliphatic rings. The molecule has 7 atom stereocenters. The zero-order chi connectivity index (χ0) is 36.7. The van der Waals surface area contributed by atoms with Crippen molar-refractivity contribution in [3.63, 3.8) is 0 Å². The first-order chi connectivity index (χ1) is 23.2. The van der Waals surface area contributed by atoms with Crippen molar-refractivity contribution in [1.29, 1.82) is 0 Å². The van der Waals surface area contributed by atoms with Gasteiger partial charge in [-0.25, -0.2) is 4.79 Å². The SMILES string of the molecule is CC[C@H](C)[C@H](NC(=O)C[C@H](N)[C@H](Cc1ccccc1)NC(=O)[C@H](NC(=O)[C@@H](N)Cc1ccccc1)C(C)C)C(=O)N[C@H](C(=O)OC)C(C)C. The molecular formula is C37H56N6O6. The van der Waals surface area contributed by atoms with Gasteiger partial charge in [0.1, 0.15) is 18.1 Å². The number of nitrogens with one attached hydrogen (secondary N) is 4. The van der Waals surface area contributed by atoms with Gasteiger partial charge >= 0.3 is 5.97 Å². The highest BCUT2D eigenvalue weighted by Crippen LogP contribution is 2.14. The van der Waals surface area contributed by atoms with Gasteiger partial charge < -0.3 is 37.5 Å². The van der Waals surface area contributed by atoms with E-state index in [0.717, 1.165) is 11.1 Å². The number of carbonyl (C=O) groups is 5. The van der Waals surface area contributed by atoms with Crippen LogP contribution in [0.3, 0.4) is 0 Å². The summed E-state index contributed by atoms with van der Waals surface area (Å²) in [5, 5.41) is 11.3. The first-order valence-corrected chi connectivity index (χ1v) is 17.1. The molecule has 2 aromatic carbocycles. The summed E-state index contributed by atoms with van der Waals surface area (Å²) in [6.45, 7) is 10.9. The van der Waals surface area contributed by atoms with Crippen molar-refractivity contribution in [1.82, 2.24) is 21.3 Å². The zero-order valence-corrected chi connectivity index (χ0v) is 29.9. The third kappa shape index (κ3) is 13.3. The minimum atomic E-state index is -0.932. The minimum absolute atomic E-state index is 0.205. The number of rotatable bonds is 19. The van der Waals surface area contributed by atoms with E-state index < -0.39 is 65.8 Å². The van der Waals surface area contributed by atoms with Gasteiger partial charge in [-0.1, -0.05) is 109 Å². The summed E-state index contributed by atoms with van der Waals surface area (Å²) < 4.78 is 4.85. The molecule has 0 aromatic heterocycles. The molecule has 4 amide bonds. The maximum atomic E-state index is 13.7. The van der Waals surface area contributed by atoms with Crippen molar-refractivity contribution in [2.24, 2.45) is 29.2 Å². The van der Waals surface area contributed by atoms with E-state index in [2.05, 4.69) is 21.3 Å². The van der Waals surface area contributed by atoms with Crippen LogP contribution in [0.4, 0.5) is 0 Å². The van der Waals surface area contributed by atoms with E-state index in [0.29, 0.717) is 19.3 Å². The topological polar surface area (TPSA) is 195 Å². The first kappa shape index (κ1) is 40.9. The molecule has 0 fully saturated rings. The molecule has 0 aliphatic heterocycles. The largest absolute Gasteiger partial charge is 0.467 e. The molecule has 12 heteroatoms. The van der Waals surface area contributed by atoms with Gasteiger partial charge in [0.25, 0.3) is 0 Å². The van der Waals surface area contributed by atoms with Crippen molar-refractivity contribution < 1.29 is 28.7 Å². The normalized spacial score (nSPS) is 15.6. The van der Waals surface area contributed by atoms with Crippen molar-refractivity contribution in [3.8, 4) is 0 Å². The molecule has 0 saturated carbocycles. The molecule has 0 spiro atoms. The highest BCUT2D eigenvalue weighted by molar-refractivity contribution is 5.92. The highest BCUT2D eigenvalue weighted by Gasteiger charge is 2.34. The van der Waals surface area contributed by atoms with E-state index in [1.54, 1.807) is 13.8 Å². The summed E-state index contributed by atoms with van der Waals surface area (Å²) in [6, 6.07) is 13.6. The van der Waals surface area contributed by atoms with Gasteiger partial charge in [0.05, 0.1) is 13.2 Å². The van der Waals surface area contributed by atoms with Gasteiger partial charge in [-0.2, -0.15) is 0 Å². The fourth-order valence-electron chi connectivity index (χ4n) is 5.36. The Balaban J connectivity index is 2.21. The average molecular weight is 681 g/mol. The molecule has 270 valence electrons. The lowest BCUT2D eigenvalue weighted by atomic mass is 9.94. The molecule has 2 rings (SSSR count). The Morgan fingerprint density at radius 1 is 0.653 bits per heavy atom. The lowest BCUT2D eigenvalue weighted by Crippen LogP contribution is -2.59. The second-order valence-corrected chi connectivity index (χ2v) is 13.4. The third-order valence-corrected chi connectivity index (χ3v) is 8.68. The Kier molecular flexibility index (Phi) is 16.9. The number of hydrogen-bond donors (Lipinski definition) is 6. The smallest absolute Gasteiger partial charge is 0.328 e. The Bertz CT molecular complexity index is 1360. The Labute approximate surface area is 290 Å². The molecule has 12 nitrogen and oxygen atoms in total. The Morgan fingerprint density at radius 3 is 1.63 bits per heavy atom. The second kappa shape index (κ2) is 20.3. The zero-order valence-electron chi connectivity index (χ0n) is 29.9. The summed E-state index contributed by atoms with van der Waals surface area (Å²) >= 11 is 0. The quantitative estimate of drug-likeness (QED) is 0.121. The number of carbonyl (C=O) groups excluding carboxylic acids is 5. The summed E-state index contributed by atoms with van der Waals surface area (Å²) in [6.07, 6.45) is 1.01. The van der Waals surface area contributed by atoms with E-state index in [1.165, 1.54) is 7.11 Å². The van der Waals surface area contributed by atoms with Crippen LogP contribution in [0, 0.1) is 17.8 Å². The van der Waals surface area contributed by atoms with Crippen LogP contribution < -0.4 is 32.7 Å². The molecule has 2 aromatic rings. The van der Waals surface area contributed by atoms with E-state index in [4.69, 9.17) is 16.2 Å². The second-order valence-electron chi connectivity index (χ2n) is 13.4. The molecule has 49 heavy (non-hydrogen) atoms. The molecule has 0 bridgehead atoms. The standard InChI is InChI=1S/C37H56N6O6/c1-8-24(6)33(36(47)43-32(23(4)5)37(48)49-7)41-30(44)21-27(38)29(20-26-17-13-10-14-18-26)40-35(46)31(22(2)3)42-34(45)28(39)19-25-15-11-9-12-16-25/h9-18,22-24,27-29,31-33H,8,19-21,38-39H2,1-7H3,(H,40,46)(H,41,44)(H,42,45)(H,43,47)/t24-,27-,28-,29-,31+,32-,33-/m0/s1. The monoisotopic (exact) mass is 680 g/mol. The van der Waals surface area contributed by atoms with Gasteiger partial charge in [-0.05, 0) is 41.7 Å². The summed E-state index contributed by atoms with van der Waals surface area (Å²) in [5.41, 5.74) is 14.6. The van der Waals surface area contributed by atoms with Gasteiger partial charge in [-0.15, -0.1) is 0 Å². The molecule has 0 unspecified atom stereocenters. The van der Waals surface area contributed by atoms with E-state index in [1.807, 2.05) is 88.4 Å². The van der Waals surface area contributed by atoms with E-state index in [9.17, 15) is 24.0 Å². The van der Waals surface area contributed by atoms with Crippen molar-refractivity contribution in [2.75, 3.05) is 7.11 Å². The third-order valence-electron chi connectivity index (χ3n) is 8.68. The van der Waals surface area contributed by atoms with E-state index >= 15 is 0 Å². The van der Waals surface area contributed by atoms with Gasteiger partial charge in [0, 0.05) is 18.5 Å². The number of ether oxygens (including phenoxy) is 1. The van der Waals surface area contributed by atoms with Crippen molar-refractivity contribution >= 4 is 29.6 Å². The number of amides is 4. The average Bonchev–Trinajstić information content (AvgIpc) is 3.07. The summed E-state index contributed by atoms with van der Waals surface area (Å²) in [5.74, 6) is -3.25. The number of esters is 1. The fraction of sp³-hybridized carbons (Fsp3) is 0.541. The predicted octanol–water partition coefficient (Wildman–Crippen LogP) is 1.99. The summed E-state index contributed by atoms with van der Waals surface area (Å²) in [7, 11) is 1.25. The number of nitrogens with two attached hydrogens (primary N) is 2. The number of benzene rings is 2. The van der Waals surface area contributed by atoms with Crippen LogP contribution in [0.15, 0.2) is 60.7 Å². The van der Waals surface area contributed by atoms with Crippen LogP contribution in [-0.2, 0) is 41.6 Å². The van der Waals surface area contributed by atoms with Crippen LogP contribution in [0.5, 0.6) is 0 Å². The number of methoxy groups -OCH3 is 1. The van der Waals surface area contributed by atoms with Crippen LogP contribution in [0.1, 0.15) is 65.5 Å². The maximum absolute atomic E-state index is 13.7. The fourth-order valence-corrected chi connectivity index (χ4v) is 5.36. The highest BCUT2D eigenvalue weighted by atomic mass is 16.5. The molecular weight excluding hydrogens is 624 g/mol.